The van der Waals surface area contributed by atoms with E-state index >= 15 is 0 Å². The van der Waals surface area contributed by atoms with Crippen molar-refractivity contribution in [3.05, 3.63) is 65.7 Å². The lowest BCUT2D eigenvalue weighted by Crippen LogP contribution is -2.59. The van der Waals surface area contributed by atoms with Crippen molar-refractivity contribution in [3.8, 4) is 5.75 Å². The number of aliphatic imine (C=N–C) groups is 2. The van der Waals surface area contributed by atoms with Gasteiger partial charge >= 0.3 is 0 Å². The van der Waals surface area contributed by atoms with Gasteiger partial charge in [0.15, 0.2) is 11.9 Å². The van der Waals surface area contributed by atoms with Gasteiger partial charge in [-0.2, -0.15) is 0 Å². The van der Waals surface area contributed by atoms with Crippen molar-refractivity contribution in [3.63, 3.8) is 0 Å². The number of rotatable bonds is 32. The minimum absolute atomic E-state index is 0.0152. The molecule has 0 radical (unpaired) electrons. The number of carbonyl (C=O) groups is 8. The number of benzene rings is 2. The predicted octanol–water partition coefficient (Wildman–Crippen LogP) is -2.46. The third-order valence-electron chi connectivity index (χ3n) is 10.9. The van der Waals surface area contributed by atoms with Crippen LogP contribution in [0.3, 0.4) is 0 Å². The molecule has 0 heterocycles. The first kappa shape index (κ1) is 60.6. The van der Waals surface area contributed by atoms with Gasteiger partial charge in [-0.05, 0) is 87.0 Å². The van der Waals surface area contributed by atoms with Crippen LogP contribution in [0.4, 0.5) is 0 Å². The molecular weight excluding hydrogens is 931 g/mol. The van der Waals surface area contributed by atoms with Crippen molar-refractivity contribution in [2.24, 2.45) is 56.2 Å². The summed E-state index contributed by atoms with van der Waals surface area (Å²) < 4.78 is 5.16. The fourth-order valence-electron chi connectivity index (χ4n) is 7.17. The van der Waals surface area contributed by atoms with E-state index in [9.17, 15) is 38.4 Å². The SMILES string of the molecule is COc1ccc(C[C@H](N)C(=O)N[C@H](C)C(=O)NCC(=O)N[C@@H](Cc2ccccc2)C(=O)N[C@@H](CC(C)C)C(=O)N[C@@H](CCCN=C(N)N)C(=O)N[C@@H](CCCN=C(N)N)C(=O)N[C@H](CC(C)C)C(N)=O)cc1. The summed E-state index contributed by atoms with van der Waals surface area (Å²) in [5.74, 6) is -5.69. The van der Waals surface area contributed by atoms with Crippen LogP contribution in [0, 0.1) is 11.8 Å². The van der Waals surface area contributed by atoms with Crippen LogP contribution < -0.4 is 76.4 Å². The number of amides is 8. The second-order valence-electron chi connectivity index (χ2n) is 18.2. The first-order valence-electron chi connectivity index (χ1n) is 23.9. The van der Waals surface area contributed by atoms with E-state index in [0.29, 0.717) is 11.3 Å². The van der Waals surface area contributed by atoms with Crippen LogP contribution in [0.5, 0.6) is 5.75 Å². The van der Waals surface area contributed by atoms with E-state index in [-0.39, 0.29) is 88.2 Å². The number of hydrogen-bond donors (Lipinski definition) is 13. The lowest BCUT2D eigenvalue weighted by Gasteiger charge is -2.28. The highest BCUT2D eigenvalue weighted by atomic mass is 16.5. The maximum atomic E-state index is 14.2. The van der Waals surface area contributed by atoms with Crippen LogP contribution in [0.1, 0.15) is 84.3 Å². The average Bonchev–Trinajstić information content (AvgIpc) is 3.31. The molecule has 398 valence electrons. The summed E-state index contributed by atoms with van der Waals surface area (Å²) in [4.78, 5) is 116. The van der Waals surface area contributed by atoms with Gasteiger partial charge in [-0.15, -0.1) is 0 Å². The van der Waals surface area contributed by atoms with Gasteiger partial charge in [0.2, 0.25) is 47.3 Å². The molecule has 0 unspecified atom stereocenters. The molecule has 0 saturated heterocycles. The number of guanidine groups is 2. The Hall–Kier alpha value is -7.50. The number of nitrogens with zero attached hydrogens (tertiary/aromatic N) is 2. The van der Waals surface area contributed by atoms with E-state index in [1.165, 1.54) is 14.0 Å². The van der Waals surface area contributed by atoms with E-state index in [1.54, 1.807) is 54.6 Å². The largest absolute Gasteiger partial charge is 0.497 e. The molecule has 0 aliphatic carbocycles. The Morgan fingerprint density at radius 2 is 0.986 bits per heavy atom. The molecule has 2 aromatic carbocycles. The molecule has 0 fully saturated rings. The average molecular weight is 1010 g/mol. The van der Waals surface area contributed by atoms with Crippen LogP contribution >= 0.6 is 0 Å². The quantitative estimate of drug-likeness (QED) is 0.0206. The van der Waals surface area contributed by atoms with Crippen LogP contribution in [0.25, 0.3) is 0 Å². The van der Waals surface area contributed by atoms with E-state index in [2.05, 4.69) is 47.2 Å². The molecule has 0 aromatic heterocycles. The zero-order valence-electron chi connectivity index (χ0n) is 42.2. The molecule has 0 saturated carbocycles. The molecule has 0 bridgehead atoms. The third kappa shape index (κ3) is 23.9. The van der Waals surface area contributed by atoms with Crippen molar-refractivity contribution >= 4 is 59.2 Å². The van der Waals surface area contributed by atoms with Crippen LogP contribution in [0.2, 0.25) is 0 Å². The number of primary amides is 1. The van der Waals surface area contributed by atoms with Crippen molar-refractivity contribution < 1.29 is 43.1 Å². The Morgan fingerprint density at radius 1 is 0.528 bits per heavy atom. The summed E-state index contributed by atoms with van der Waals surface area (Å²) in [6, 6.07) is 7.65. The highest BCUT2D eigenvalue weighted by Crippen LogP contribution is 2.14. The summed E-state index contributed by atoms with van der Waals surface area (Å²) >= 11 is 0. The minimum atomic E-state index is -1.30. The van der Waals surface area contributed by atoms with Crippen molar-refractivity contribution in [2.45, 2.75) is 128 Å². The molecular formula is C48H77N15O9. The number of hydrogen-bond acceptors (Lipinski definition) is 12. The van der Waals surface area contributed by atoms with Gasteiger partial charge in [0.25, 0.3) is 0 Å². The summed E-state index contributed by atoms with van der Waals surface area (Å²) in [5.41, 5.74) is 35.1. The number of carbonyl (C=O) groups excluding carboxylic acids is 8. The summed E-state index contributed by atoms with van der Waals surface area (Å²) in [6.45, 7) is 8.39. The number of nitrogens with two attached hydrogens (primary N) is 6. The second kappa shape index (κ2) is 31.7. The predicted molar refractivity (Wildman–Crippen MR) is 273 cm³/mol. The molecule has 0 spiro atoms. The van der Waals surface area contributed by atoms with Crippen molar-refractivity contribution in [2.75, 3.05) is 26.7 Å². The lowest BCUT2D eigenvalue weighted by molar-refractivity contribution is -0.135. The van der Waals surface area contributed by atoms with E-state index < -0.39 is 96.1 Å². The number of nitrogens with one attached hydrogen (secondary N) is 7. The van der Waals surface area contributed by atoms with E-state index in [4.69, 9.17) is 39.1 Å². The standard InChI is InChI=1S/C48H77N15O9/c1-27(2)22-36(40(50)65)62-44(69)35(15-11-21-56-48(53)54)60-43(68)34(14-10-20-55-47(51)52)61-45(70)37(23-28(3)4)63-46(71)38(25-30-12-8-7-9-13-30)59-39(64)26-57-41(66)29(5)58-42(67)33(49)24-31-16-18-32(72-6)19-17-31/h7-9,12-13,16-19,27-29,33-38H,10-11,14-15,20-26,49H2,1-6H3,(H2,50,65)(H,57,66)(H,58,67)(H,59,64)(H,60,68)(H,61,70)(H,62,69)(H,63,71)(H4,51,52,55)(H4,53,54,56)/t29-,33+,34+,35+,36-,37+,38+/m1/s1. The second-order valence-corrected chi connectivity index (χ2v) is 18.2. The highest BCUT2D eigenvalue weighted by Gasteiger charge is 2.33. The molecule has 19 N–H and O–H groups in total. The van der Waals surface area contributed by atoms with Gasteiger partial charge in [-0.25, -0.2) is 0 Å². The van der Waals surface area contributed by atoms with Crippen LogP contribution in [-0.2, 0) is 51.2 Å². The molecule has 72 heavy (non-hydrogen) atoms. The monoisotopic (exact) mass is 1010 g/mol. The molecule has 24 heteroatoms. The zero-order valence-corrected chi connectivity index (χ0v) is 42.2. The smallest absolute Gasteiger partial charge is 0.243 e. The first-order chi connectivity index (χ1) is 34.0. The third-order valence-corrected chi connectivity index (χ3v) is 10.9. The molecule has 7 atom stereocenters. The van der Waals surface area contributed by atoms with Gasteiger partial charge in [0, 0.05) is 19.5 Å². The first-order valence-corrected chi connectivity index (χ1v) is 23.9. The van der Waals surface area contributed by atoms with Crippen molar-refractivity contribution in [1.82, 2.24) is 37.2 Å². The topological polar surface area (TPSA) is 411 Å². The van der Waals surface area contributed by atoms with Gasteiger partial charge < -0.3 is 76.4 Å². The fraction of sp³-hybridized carbons (Fsp3) is 0.542. The maximum absolute atomic E-state index is 14.2. The maximum Gasteiger partial charge on any atom is 0.243 e. The Bertz CT molecular complexity index is 2150. The Morgan fingerprint density at radius 3 is 1.47 bits per heavy atom. The van der Waals surface area contributed by atoms with Gasteiger partial charge in [0.1, 0.15) is 42.0 Å². The molecule has 2 aromatic rings. The Labute approximate surface area is 421 Å². The number of methoxy groups -OCH3 is 1. The van der Waals surface area contributed by atoms with Gasteiger partial charge in [-0.3, -0.25) is 48.3 Å². The molecule has 24 nitrogen and oxygen atoms in total. The molecule has 0 aliphatic rings. The summed E-state index contributed by atoms with van der Waals surface area (Å²) in [7, 11) is 1.53. The molecule has 2 rings (SSSR count). The van der Waals surface area contributed by atoms with Gasteiger partial charge in [-0.1, -0.05) is 70.2 Å². The van der Waals surface area contributed by atoms with E-state index in [1.807, 2.05) is 27.7 Å². The van der Waals surface area contributed by atoms with Crippen molar-refractivity contribution in [1.29, 1.82) is 0 Å². The normalized spacial score (nSPS) is 13.8. The van der Waals surface area contributed by atoms with E-state index in [0.717, 1.165) is 5.56 Å². The number of ether oxygens (including phenoxy) is 1. The molecule has 0 aliphatic heterocycles. The van der Waals surface area contributed by atoms with Crippen LogP contribution in [0.15, 0.2) is 64.6 Å². The van der Waals surface area contributed by atoms with Gasteiger partial charge in [0.05, 0.1) is 19.7 Å². The minimum Gasteiger partial charge on any atom is -0.497 e. The summed E-state index contributed by atoms with van der Waals surface area (Å²) in [5, 5.41) is 18.4. The highest BCUT2D eigenvalue weighted by molar-refractivity contribution is 5.97. The summed E-state index contributed by atoms with van der Waals surface area (Å²) in [6.07, 6.45) is 0.938. The van der Waals surface area contributed by atoms with Crippen LogP contribution in [-0.4, -0.2) is 128 Å². The Kier molecular flexibility index (Phi) is 26.7. The lowest BCUT2D eigenvalue weighted by atomic mass is 10.00. The Balaban J connectivity index is 2.30. The fourth-order valence-corrected chi connectivity index (χ4v) is 7.17. The zero-order chi connectivity index (χ0) is 53.9. The molecule has 8 amide bonds.